The van der Waals surface area contributed by atoms with E-state index in [1.165, 1.54) is 68.6 Å². The summed E-state index contributed by atoms with van der Waals surface area (Å²) in [6.07, 6.45) is 10.4. The van der Waals surface area contributed by atoms with E-state index < -0.39 is 16.1 Å². The molecule has 1 aliphatic carbocycles. The summed E-state index contributed by atoms with van der Waals surface area (Å²) in [6, 6.07) is 14.1. The molecule has 6 nitrogen and oxygen atoms in total. The summed E-state index contributed by atoms with van der Waals surface area (Å²) in [7, 11) is -1.07. The van der Waals surface area contributed by atoms with Crippen LogP contribution in [0.15, 0.2) is 48.5 Å². The summed E-state index contributed by atoms with van der Waals surface area (Å²) in [5.74, 6) is -0.137. The van der Waals surface area contributed by atoms with Gasteiger partial charge in [-0.05, 0) is 42.0 Å². The number of fused-ring (bicyclic) bond motifs is 5. The van der Waals surface area contributed by atoms with Crippen molar-refractivity contribution in [3.8, 4) is 11.3 Å². The molecule has 33 heavy (non-hydrogen) atoms. The van der Waals surface area contributed by atoms with E-state index in [1.807, 2.05) is 12.1 Å². The molecule has 5 rings (SSSR count). The lowest BCUT2D eigenvalue weighted by atomic mass is 9.81. The zero-order valence-corrected chi connectivity index (χ0v) is 19.9. The van der Waals surface area contributed by atoms with Gasteiger partial charge in [-0.25, -0.2) is 4.72 Å². The van der Waals surface area contributed by atoms with Gasteiger partial charge in [0.05, 0.1) is 5.69 Å². The molecule has 0 bridgehead atoms. The van der Waals surface area contributed by atoms with Gasteiger partial charge in [0.1, 0.15) is 0 Å². The summed E-state index contributed by atoms with van der Waals surface area (Å²) in [4.78, 5) is 12.8. The number of allylic oxidation sites excluding steroid dienone is 1. The molecular formula is C26H29N3O3S. The Morgan fingerprint density at radius 3 is 2.58 bits per heavy atom. The van der Waals surface area contributed by atoms with Crippen molar-refractivity contribution in [2.75, 3.05) is 14.1 Å². The number of benzene rings is 2. The minimum atomic E-state index is -3.86. The lowest BCUT2D eigenvalue weighted by Gasteiger charge is -2.24. The quantitative estimate of drug-likeness (QED) is 0.597. The Morgan fingerprint density at radius 2 is 1.82 bits per heavy atom. The average Bonchev–Trinajstić information content (AvgIpc) is 3.00. The van der Waals surface area contributed by atoms with Crippen molar-refractivity contribution in [2.45, 2.75) is 44.6 Å². The average molecular weight is 464 g/mol. The number of hydrogen-bond donors (Lipinski definition) is 1. The molecule has 1 aromatic heterocycles. The van der Waals surface area contributed by atoms with Gasteiger partial charge in [0, 0.05) is 42.7 Å². The third kappa shape index (κ3) is 3.89. The number of aromatic nitrogens is 1. The molecule has 2 aromatic carbocycles. The van der Waals surface area contributed by atoms with Gasteiger partial charge >= 0.3 is 10.2 Å². The number of carbonyl (C=O) groups is 1. The summed E-state index contributed by atoms with van der Waals surface area (Å²) < 4.78 is 29.8. The molecule has 1 fully saturated rings. The first-order chi connectivity index (χ1) is 15.9. The number of rotatable bonds is 4. The Morgan fingerprint density at radius 1 is 1.06 bits per heavy atom. The molecule has 1 N–H and O–H groups in total. The SMILES string of the molecule is CN(C)S(=O)(=O)NC(=O)c1ccc2c(C3CCCCC3)c3n(c2c1)CC=Cc1ccccc1-3. The molecule has 0 radical (unpaired) electrons. The largest absolute Gasteiger partial charge is 0.336 e. The van der Waals surface area contributed by atoms with Crippen molar-refractivity contribution < 1.29 is 13.2 Å². The Hall–Kier alpha value is -2.90. The zero-order valence-electron chi connectivity index (χ0n) is 19.0. The van der Waals surface area contributed by atoms with Crippen molar-refractivity contribution in [3.63, 3.8) is 0 Å². The predicted molar refractivity (Wildman–Crippen MR) is 132 cm³/mol. The fourth-order valence-corrected chi connectivity index (χ4v) is 5.75. The molecule has 0 atom stereocenters. The van der Waals surface area contributed by atoms with Crippen LogP contribution in [0.5, 0.6) is 0 Å². The van der Waals surface area contributed by atoms with E-state index in [0.717, 1.165) is 15.2 Å². The maximum Gasteiger partial charge on any atom is 0.303 e. The highest BCUT2D eigenvalue weighted by molar-refractivity contribution is 7.87. The second-order valence-electron chi connectivity index (χ2n) is 9.15. The Labute approximate surface area is 195 Å². The van der Waals surface area contributed by atoms with Gasteiger partial charge in [-0.2, -0.15) is 12.7 Å². The van der Waals surface area contributed by atoms with Gasteiger partial charge in [-0.3, -0.25) is 4.79 Å². The molecule has 172 valence electrons. The molecular weight excluding hydrogens is 434 g/mol. The molecule has 0 saturated heterocycles. The molecule has 0 unspecified atom stereocenters. The fourth-order valence-electron chi connectivity index (χ4n) is 5.21. The van der Waals surface area contributed by atoms with Crippen LogP contribution in [0.2, 0.25) is 0 Å². The Balaban J connectivity index is 1.70. The molecule has 2 heterocycles. The maximum absolute atomic E-state index is 12.8. The first kappa shape index (κ1) is 21.9. The van der Waals surface area contributed by atoms with Crippen molar-refractivity contribution in [1.29, 1.82) is 0 Å². The zero-order chi connectivity index (χ0) is 23.2. The molecule has 7 heteroatoms. The molecule has 2 aliphatic rings. The highest BCUT2D eigenvalue weighted by Gasteiger charge is 2.28. The van der Waals surface area contributed by atoms with Crippen LogP contribution >= 0.6 is 0 Å². The van der Waals surface area contributed by atoms with Gasteiger partial charge in [0.2, 0.25) is 0 Å². The van der Waals surface area contributed by atoms with Gasteiger partial charge in [0.25, 0.3) is 5.91 Å². The topological polar surface area (TPSA) is 71.4 Å². The second-order valence-corrected chi connectivity index (χ2v) is 11.0. The third-order valence-corrected chi connectivity index (χ3v) is 8.29. The minimum absolute atomic E-state index is 0.338. The van der Waals surface area contributed by atoms with Crippen LogP contribution in [-0.2, 0) is 16.8 Å². The third-order valence-electron chi connectivity index (χ3n) is 6.88. The Kier molecular flexibility index (Phi) is 5.62. The van der Waals surface area contributed by atoms with Gasteiger partial charge < -0.3 is 4.57 Å². The van der Waals surface area contributed by atoms with Crippen LogP contribution < -0.4 is 4.72 Å². The second kappa shape index (κ2) is 8.47. The number of hydrogen-bond acceptors (Lipinski definition) is 3. The van der Waals surface area contributed by atoms with E-state index >= 15 is 0 Å². The molecule has 0 spiro atoms. The molecule has 3 aromatic rings. The standard InChI is InChI=1S/C26H29N3O3S/c1-28(2)33(31,32)27-26(30)20-14-15-22-23(17-20)29-16-8-12-18-9-6-7-13-21(18)25(29)24(22)19-10-4-3-5-11-19/h6-9,12-15,17,19H,3-5,10-11,16H2,1-2H3,(H,27,30). The van der Waals surface area contributed by atoms with Crippen molar-refractivity contribution in [2.24, 2.45) is 0 Å². The Bertz CT molecular complexity index is 1360. The normalized spacial score (nSPS) is 16.5. The van der Waals surface area contributed by atoms with Crippen LogP contribution in [0.25, 0.3) is 28.2 Å². The number of nitrogens with zero attached hydrogens (tertiary/aromatic N) is 2. The lowest BCUT2D eigenvalue weighted by molar-refractivity contribution is 0.0980. The van der Waals surface area contributed by atoms with Crippen molar-refractivity contribution in [1.82, 2.24) is 13.6 Å². The maximum atomic E-state index is 12.8. The molecule has 1 aliphatic heterocycles. The van der Waals surface area contributed by atoms with Crippen LogP contribution in [0.1, 0.15) is 59.5 Å². The van der Waals surface area contributed by atoms with E-state index in [-0.39, 0.29) is 0 Å². The van der Waals surface area contributed by atoms with E-state index in [0.29, 0.717) is 18.0 Å². The van der Waals surface area contributed by atoms with E-state index in [9.17, 15) is 13.2 Å². The van der Waals surface area contributed by atoms with Crippen molar-refractivity contribution >= 4 is 33.1 Å². The predicted octanol–water partition coefficient (Wildman–Crippen LogP) is 4.92. The van der Waals surface area contributed by atoms with E-state index in [2.05, 4.69) is 45.7 Å². The summed E-state index contributed by atoms with van der Waals surface area (Å²) in [5.41, 5.74) is 6.33. The van der Waals surface area contributed by atoms with Crippen LogP contribution in [0, 0.1) is 0 Å². The van der Waals surface area contributed by atoms with Crippen molar-refractivity contribution in [3.05, 3.63) is 65.2 Å². The van der Waals surface area contributed by atoms with Gasteiger partial charge in [-0.1, -0.05) is 61.7 Å². The minimum Gasteiger partial charge on any atom is -0.336 e. The highest BCUT2D eigenvalue weighted by Crippen LogP contribution is 2.45. The number of amides is 1. The number of nitrogens with one attached hydrogen (secondary N) is 1. The number of carbonyl (C=O) groups excluding carboxylic acids is 1. The van der Waals surface area contributed by atoms with Crippen LogP contribution in [0.4, 0.5) is 0 Å². The molecule has 1 amide bonds. The van der Waals surface area contributed by atoms with Crippen LogP contribution in [-0.4, -0.2) is 37.3 Å². The summed E-state index contributed by atoms with van der Waals surface area (Å²) >= 11 is 0. The van der Waals surface area contributed by atoms with E-state index in [4.69, 9.17) is 0 Å². The van der Waals surface area contributed by atoms with Gasteiger partial charge in [-0.15, -0.1) is 0 Å². The van der Waals surface area contributed by atoms with Crippen LogP contribution in [0.3, 0.4) is 0 Å². The molecule has 1 saturated carbocycles. The summed E-state index contributed by atoms with van der Waals surface area (Å²) in [6.45, 7) is 0.703. The lowest BCUT2D eigenvalue weighted by Crippen LogP contribution is -2.39. The smallest absolute Gasteiger partial charge is 0.303 e. The van der Waals surface area contributed by atoms with E-state index in [1.54, 1.807) is 6.07 Å². The first-order valence-electron chi connectivity index (χ1n) is 11.5. The van der Waals surface area contributed by atoms with Gasteiger partial charge in [0.15, 0.2) is 0 Å². The monoisotopic (exact) mass is 463 g/mol. The summed E-state index contributed by atoms with van der Waals surface area (Å²) in [5, 5.41) is 1.16. The highest BCUT2D eigenvalue weighted by atomic mass is 32.2. The first-order valence-corrected chi connectivity index (χ1v) is 13.0. The fraction of sp³-hybridized carbons (Fsp3) is 0.346.